The van der Waals surface area contributed by atoms with Crippen LogP contribution in [0.5, 0.6) is 0 Å². The highest BCUT2D eigenvalue weighted by Crippen LogP contribution is 2.11. The number of hydrogen-bond donors (Lipinski definition) is 0. The van der Waals surface area contributed by atoms with Gasteiger partial charge in [0, 0.05) is 0 Å². The molecule has 8 heavy (non-hydrogen) atoms. The van der Waals surface area contributed by atoms with E-state index in [2.05, 4.69) is 0 Å². The van der Waals surface area contributed by atoms with Gasteiger partial charge in [0.1, 0.15) is 5.44 Å². The molecule has 2 heteroatoms. The lowest BCUT2D eigenvalue weighted by Gasteiger charge is -2.21. The van der Waals surface area contributed by atoms with E-state index in [0.29, 0.717) is 0 Å². The summed E-state index contributed by atoms with van der Waals surface area (Å²) >= 11 is 4.80. The van der Waals surface area contributed by atoms with Crippen LogP contribution >= 0.6 is 12.6 Å². The molecule has 0 spiro atoms. The van der Waals surface area contributed by atoms with Crippen molar-refractivity contribution >= 4 is 12.6 Å². The maximum atomic E-state index is 5.25. The first-order chi connectivity index (χ1) is 3.42. The highest BCUT2D eigenvalue weighted by molar-refractivity contribution is 7.80. The van der Waals surface area contributed by atoms with Gasteiger partial charge in [0.2, 0.25) is 0 Å². The van der Waals surface area contributed by atoms with E-state index in [-0.39, 0.29) is 11.0 Å². The Balaban J connectivity index is 3.39. The molecule has 0 aliphatic heterocycles. The smallest absolute Gasteiger partial charge is 0.111 e. The normalized spacial score (nSPS) is 16.1. The van der Waals surface area contributed by atoms with E-state index in [1.54, 1.807) is 0 Å². The van der Waals surface area contributed by atoms with Gasteiger partial charge in [-0.25, -0.2) is 0 Å². The molecule has 0 bridgehead atoms. The highest BCUT2D eigenvalue weighted by Gasteiger charge is 2.11. The monoisotopic (exact) mass is 133 g/mol. The lowest BCUT2D eigenvalue weighted by Crippen LogP contribution is -2.22. The van der Waals surface area contributed by atoms with Gasteiger partial charge in [-0.05, 0) is 27.7 Å². The predicted octanol–water partition coefficient (Wildman–Crippen LogP) is 2.34. The van der Waals surface area contributed by atoms with Gasteiger partial charge in [-0.2, -0.15) is 0 Å². The van der Waals surface area contributed by atoms with Gasteiger partial charge in [-0.1, -0.05) is 12.6 Å². The van der Waals surface area contributed by atoms with E-state index in [1.807, 2.05) is 27.7 Å². The zero-order chi connectivity index (χ0) is 6.78. The third kappa shape index (κ3) is 6.31. The van der Waals surface area contributed by atoms with Crippen LogP contribution in [0.15, 0.2) is 0 Å². The Kier molecular flexibility index (Phi) is 2.84. The van der Waals surface area contributed by atoms with Crippen LogP contribution in [0, 0.1) is 0 Å². The molecule has 0 aromatic heterocycles. The molecular weight excluding hydrogens is 120 g/mol. The van der Waals surface area contributed by atoms with Crippen molar-refractivity contribution < 1.29 is 4.74 Å². The first kappa shape index (κ1) is 8.31. The van der Waals surface area contributed by atoms with Gasteiger partial charge in [0.15, 0.2) is 0 Å². The van der Waals surface area contributed by atoms with Gasteiger partial charge in [0.05, 0.1) is 5.60 Å². The average Bonchev–Trinajstić information content (AvgIpc) is 1.21. The van der Waals surface area contributed by atoms with Crippen molar-refractivity contribution in [1.29, 1.82) is 0 Å². The summed E-state index contributed by atoms with van der Waals surface area (Å²) in [6.07, 6.45) is 0. The lowest BCUT2D eigenvalue weighted by molar-refractivity contribution is -0.0106. The van der Waals surface area contributed by atoms with E-state index >= 15 is 0 Å². The van der Waals surface area contributed by atoms with Gasteiger partial charge < -0.3 is 4.74 Å². The Labute approximate surface area is 56.8 Å². The van der Waals surface area contributed by atoms with Crippen LogP contribution in [0.1, 0.15) is 27.7 Å². The second kappa shape index (κ2) is 2.74. The molecule has 0 fully saturated rings. The Morgan fingerprint density at radius 2 is 1.75 bits per heavy atom. The molecule has 0 N–H and O–H groups in total. The molecule has 0 saturated carbocycles. The average molecular weight is 133 g/mol. The van der Waals surface area contributed by atoms with Crippen molar-refractivity contribution in [3.05, 3.63) is 0 Å². The Morgan fingerprint density at radius 1 is 1.38 bits per heavy atom. The van der Waals surface area contributed by atoms with E-state index in [1.165, 1.54) is 0 Å². The summed E-state index contributed by atoms with van der Waals surface area (Å²) in [6, 6.07) is 0. The van der Waals surface area contributed by atoms with Crippen molar-refractivity contribution in [3.8, 4) is 0 Å². The van der Waals surface area contributed by atoms with Crippen LogP contribution in [0.25, 0.3) is 0 Å². The summed E-state index contributed by atoms with van der Waals surface area (Å²) in [5.74, 6) is 0. The Bertz CT molecular complexity index is 63.4. The molecule has 0 aliphatic carbocycles. The van der Waals surface area contributed by atoms with Gasteiger partial charge in [-0.3, -0.25) is 0 Å². The van der Waals surface area contributed by atoms with Gasteiger partial charge >= 0.3 is 0 Å². The summed E-state index contributed by atoms with van der Waals surface area (Å²) in [5, 5.41) is 0. The molecule has 0 rings (SSSR count). The van der Waals surface area contributed by atoms with Crippen LogP contribution in [0.4, 0.5) is 0 Å². The molecule has 1 unspecified atom stereocenters. The first-order valence-electron chi connectivity index (χ1n) is 2.75. The standard InChI is InChI=1S/C6H13OS/c1-5(8)7-6(2,3)4/h5H,1-4H3. The molecule has 0 saturated heterocycles. The Hall–Kier alpha value is 0.310. The van der Waals surface area contributed by atoms with Crippen molar-refractivity contribution in [1.82, 2.24) is 0 Å². The summed E-state index contributed by atoms with van der Waals surface area (Å²) < 4.78 is 5.25. The zero-order valence-electron chi connectivity index (χ0n) is 5.89. The van der Waals surface area contributed by atoms with Gasteiger partial charge in [-0.15, -0.1) is 0 Å². The quantitative estimate of drug-likeness (QED) is 0.533. The highest BCUT2D eigenvalue weighted by atomic mass is 32.1. The fraction of sp³-hybridized carbons (Fsp3) is 1.00. The van der Waals surface area contributed by atoms with Crippen molar-refractivity contribution in [3.63, 3.8) is 0 Å². The van der Waals surface area contributed by atoms with Crippen LogP contribution in [-0.2, 0) is 4.74 Å². The second-order valence-electron chi connectivity index (χ2n) is 2.80. The largest absolute Gasteiger partial charge is 0.361 e. The SMILES string of the molecule is CC([S])OC(C)(C)C. The van der Waals surface area contributed by atoms with E-state index in [9.17, 15) is 0 Å². The third-order valence-electron chi connectivity index (χ3n) is 0.520. The first-order valence-corrected chi connectivity index (χ1v) is 3.22. The molecule has 0 aromatic rings. The minimum atomic E-state index is -0.0822. The summed E-state index contributed by atoms with van der Waals surface area (Å²) in [6.45, 7) is 7.85. The van der Waals surface area contributed by atoms with Crippen molar-refractivity contribution in [2.75, 3.05) is 0 Å². The third-order valence-corrected chi connectivity index (χ3v) is 0.616. The zero-order valence-corrected chi connectivity index (χ0v) is 6.71. The maximum Gasteiger partial charge on any atom is 0.111 e. The van der Waals surface area contributed by atoms with E-state index in [4.69, 9.17) is 17.4 Å². The van der Waals surface area contributed by atoms with E-state index in [0.717, 1.165) is 0 Å². The van der Waals surface area contributed by atoms with Crippen LogP contribution in [0.3, 0.4) is 0 Å². The fourth-order valence-electron chi connectivity index (χ4n) is 0.498. The number of rotatable bonds is 1. The topological polar surface area (TPSA) is 9.23 Å². The van der Waals surface area contributed by atoms with Crippen molar-refractivity contribution in [2.24, 2.45) is 0 Å². The molecule has 49 valence electrons. The van der Waals surface area contributed by atoms with Crippen LogP contribution in [-0.4, -0.2) is 11.0 Å². The predicted molar refractivity (Wildman–Crippen MR) is 37.9 cm³/mol. The molecular formula is C6H13OS. The molecule has 0 heterocycles. The molecule has 1 nitrogen and oxygen atoms in total. The van der Waals surface area contributed by atoms with Crippen LogP contribution < -0.4 is 0 Å². The molecule has 0 aromatic carbocycles. The summed E-state index contributed by atoms with van der Waals surface area (Å²) in [7, 11) is 0. The summed E-state index contributed by atoms with van der Waals surface area (Å²) in [5.41, 5.74) is -0.156. The minimum Gasteiger partial charge on any atom is -0.361 e. The molecule has 1 radical (unpaired) electrons. The summed E-state index contributed by atoms with van der Waals surface area (Å²) in [4.78, 5) is 0. The Morgan fingerprint density at radius 3 is 1.75 bits per heavy atom. The number of ether oxygens (including phenoxy) is 1. The molecule has 1 atom stereocenters. The lowest BCUT2D eigenvalue weighted by atomic mass is 10.2. The minimum absolute atomic E-state index is 0.0741. The van der Waals surface area contributed by atoms with Gasteiger partial charge in [0.25, 0.3) is 0 Å². The van der Waals surface area contributed by atoms with Crippen LogP contribution in [0.2, 0.25) is 0 Å². The van der Waals surface area contributed by atoms with Crippen molar-refractivity contribution in [2.45, 2.75) is 38.7 Å². The second-order valence-corrected chi connectivity index (χ2v) is 3.46. The van der Waals surface area contributed by atoms with E-state index < -0.39 is 0 Å². The molecule has 0 amide bonds. The number of hydrogen-bond acceptors (Lipinski definition) is 1. The maximum absolute atomic E-state index is 5.25. The fourth-order valence-corrected chi connectivity index (χ4v) is 0.787. The molecule has 0 aliphatic rings.